The van der Waals surface area contributed by atoms with Crippen LogP contribution in [0, 0.1) is 18.3 Å². The highest BCUT2D eigenvalue weighted by Crippen LogP contribution is 2.38. The molecule has 0 aliphatic carbocycles. The summed E-state index contributed by atoms with van der Waals surface area (Å²) in [5.74, 6) is 0. The van der Waals surface area contributed by atoms with Crippen LogP contribution in [-0.4, -0.2) is 47.9 Å². The van der Waals surface area contributed by atoms with Gasteiger partial charge in [0.05, 0.1) is 6.07 Å². The molecule has 9 heteroatoms. The molecule has 0 saturated heterocycles. The molecular weight excluding hydrogens is 624 g/mol. The van der Waals surface area contributed by atoms with Crippen LogP contribution in [0.4, 0.5) is 0 Å². The number of allylic oxidation sites excluding steroid dienone is 1. The standard InChI is InChI=1S/C13H18ClN.C7H18OSi.C6H15ClSi.C6H16OSi.C2H3N/c1-10(2)13(14)15(4)9-12-7-5-11(3)6-8-12;1-7(2,3)9(5,6)8-4;2*1-6(2,3)8(4,5)7;1-2-3/h5-8H,9H2,1-4H3;1-6H3;1-5H3;7H,1-5H3;1H3. The molecule has 1 rings (SSSR count). The Balaban J connectivity index is -0.000000238. The second kappa shape index (κ2) is 20.5. The van der Waals surface area contributed by atoms with Gasteiger partial charge in [0.2, 0.25) is 0 Å². The largest absolute Gasteiger partial charge is 0.432 e. The fourth-order valence-corrected chi connectivity index (χ4v) is 2.40. The van der Waals surface area contributed by atoms with Gasteiger partial charge in [-0.25, -0.2) is 0 Å². The zero-order valence-corrected chi connectivity index (χ0v) is 36.5. The Morgan fingerprint density at radius 1 is 0.860 bits per heavy atom. The average Bonchev–Trinajstić information content (AvgIpc) is 2.78. The molecule has 1 aromatic rings. The van der Waals surface area contributed by atoms with E-state index in [2.05, 4.69) is 125 Å². The summed E-state index contributed by atoms with van der Waals surface area (Å²) in [6.07, 6.45) is 0. The number of rotatable bonds is 4. The molecule has 0 aromatic heterocycles. The van der Waals surface area contributed by atoms with Gasteiger partial charge in [0.25, 0.3) is 0 Å². The molecule has 0 fully saturated rings. The molecule has 1 aromatic carbocycles. The first-order valence-corrected chi connectivity index (χ1v) is 25.3. The lowest BCUT2D eigenvalue weighted by atomic mass is 10.1. The summed E-state index contributed by atoms with van der Waals surface area (Å²) in [5, 5.41) is 8.99. The number of aryl methyl sites for hydroxylation is 1. The summed E-state index contributed by atoms with van der Waals surface area (Å²) in [6.45, 7) is 40.8. The van der Waals surface area contributed by atoms with Crippen molar-refractivity contribution in [3.8, 4) is 6.07 Å². The SMILES string of the molecule is CC#N.CC(C)(C)[Si](C)(C)Cl.CC(C)(C)[Si](C)(C)O.CC(C)=C(Cl)N(C)Cc1ccc(C)cc1.CO[Si](C)(C)C(C)(C)C. The van der Waals surface area contributed by atoms with Crippen LogP contribution in [0.2, 0.25) is 54.4 Å². The molecule has 43 heavy (non-hydrogen) atoms. The van der Waals surface area contributed by atoms with Crippen molar-refractivity contribution in [3.63, 3.8) is 0 Å². The maximum Gasteiger partial charge on any atom is 0.191 e. The van der Waals surface area contributed by atoms with E-state index in [9.17, 15) is 4.80 Å². The van der Waals surface area contributed by atoms with E-state index in [1.807, 2.05) is 41.1 Å². The zero-order valence-electron chi connectivity index (χ0n) is 32.0. The van der Waals surface area contributed by atoms with Crippen molar-refractivity contribution in [3.05, 3.63) is 46.1 Å². The van der Waals surface area contributed by atoms with Crippen LogP contribution in [-0.2, 0) is 11.0 Å². The van der Waals surface area contributed by atoms with Crippen molar-refractivity contribution in [2.24, 2.45) is 0 Å². The summed E-state index contributed by atoms with van der Waals surface area (Å²) >= 11 is 12.3. The monoisotopic (exact) mass is 692 g/mol. The minimum atomic E-state index is -1.86. The second-order valence-corrected chi connectivity index (χ2v) is 33.0. The number of nitrogens with zero attached hydrogens (tertiary/aromatic N) is 2. The lowest BCUT2D eigenvalue weighted by Gasteiger charge is -2.34. The van der Waals surface area contributed by atoms with Gasteiger partial charge in [-0.05, 0) is 73.2 Å². The Morgan fingerprint density at radius 2 is 1.16 bits per heavy atom. The van der Waals surface area contributed by atoms with Gasteiger partial charge in [-0.2, -0.15) is 16.3 Å². The van der Waals surface area contributed by atoms with Crippen molar-refractivity contribution in [2.45, 2.75) is 151 Å². The van der Waals surface area contributed by atoms with Crippen LogP contribution in [0.25, 0.3) is 0 Å². The molecule has 0 saturated carbocycles. The fraction of sp³-hybridized carbons (Fsp3) is 0.735. The van der Waals surface area contributed by atoms with E-state index in [-0.39, 0.29) is 5.04 Å². The van der Waals surface area contributed by atoms with E-state index in [1.165, 1.54) is 18.1 Å². The van der Waals surface area contributed by atoms with Gasteiger partial charge in [-0.3, -0.25) is 0 Å². The number of halogens is 2. The molecule has 0 amide bonds. The lowest BCUT2D eigenvalue weighted by molar-refractivity contribution is 0.373. The number of hydrogen-bond donors (Lipinski definition) is 1. The van der Waals surface area contributed by atoms with Crippen LogP contribution in [0.5, 0.6) is 0 Å². The average molecular weight is 694 g/mol. The van der Waals surface area contributed by atoms with E-state index in [0.29, 0.717) is 10.1 Å². The molecule has 0 bridgehead atoms. The van der Waals surface area contributed by atoms with E-state index in [0.717, 1.165) is 17.3 Å². The first-order valence-electron chi connectivity index (χ1n) is 15.1. The predicted molar refractivity (Wildman–Crippen MR) is 205 cm³/mol. The van der Waals surface area contributed by atoms with Crippen LogP contribution < -0.4 is 0 Å². The maximum atomic E-state index is 9.49. The molecule has 0 atom stereocenters. The number of benzene rings is 1. The Hall–Kier alpha value is -0.599. The van der Waals surface area contributed by atoms with E-state index < -0.39 is 24.0 Å². The molecule has 0 heterocycles. The third-order valence-electron chi connectivity index (χ3n) is 8.22. The highest BCUT2D eigenvalue weighted by atomic mass is 35.6. The fourth-order valence-electron chi connectivity index (χ4n) is 1.72. The van der Waals surface area contributed by atoms with Crippen molar-refractivity contribution < 1.29 is 9.22 Å². The van der Waals surface area contributed by atoms with Gasteiger partial charge in [0.1, 0.15) is 5.16 Å². The van der Waals surface area contributed by atoms with Crippen molar-refractivity contribution >= 4 is 46.7 Å². The van der Waals surface area contributed by atoms with Crippen molar-refractivity contribution in [2.75, 3.05) is 14.2 Å². The minimum absolute atomic E-state index is 0.132. The molecule has 254 valence electrons. The first kappa shape index (κ1) is 49.3. The Morgan fingerprint density at radius 3 is 1.33 bits per heavy atom. The first-order chi connectivity index (χ1) is 18.7. The van der Waals surface area contributed by atoms with E-state index in [1.54, 1.807) is 6.07 Å². The molecule has 0 unspecified atom stereocenters. The quantitative estimate of drug-likeness (QED) is 0.194. The molecular formula is C34H70Cl2N2O2Si3. The summed E-state index contributed by atoms with van der Waals surface area (Å²) in [4.78, 5) is 11.6. The van der Waals surface area contributed by atoms with E-state index in [4.69, 9.17) is 32.4 Å². The minimum Gasteiger partial charge on any atom is -0.432 e. The van der Waals surface area contributed by atoms with Crippen LogP contribution in [0.15, 0.2) is 35.0 Å². The van der Waals surface area contributed by atoms with Gasteiger partial charge in [0, 0.05) is 27.6 Å². The summed E-state index contributed by atoms with van der Waals surface area (Å²) in [6, 6.07) is 10.3. The maximum absolute atomic E-state index is 9.49. The summed E-state index contributed by atoms with van der Waals surface area (Å²) in [7, 11) is -0.798. The molecule has 0 aliphatic rings. The third-order valence-corrected chi connectivity index (χ3v) is 22.5. The Labute approximate surface area is 282 Å². The van der Waals surface area contributed by atoms with Gasteiger partial charge < -0.3 is 14.1 Å². The topological polar surface area (TPSA) is 56.5 Å². The molecule has 4 nitrogen and oxygen atoms in total. The zero-order chi connectivity index (χ0) is 35.8. The lowest BCUT2D eigenvalue weighted by Crippen LogP contribution is -2.39. The van der Waals surface area contributed by atoms with Gasteiger partial charge in [0.15, 0.2) is 24.0 Å². The molecule has 0 aliphatic heterocycles. The number of hydrogen-bond acceptors (Lipinski definition) is 4. The molecule has 0 radical (unpaired) electrons. The normalized spacial score (nSPS) is 11.9. The Bertz CT molecular complexity index is 903. The van der Waals surface area contributed by atoms with Gasteiger partial charge >= 0.3 is 0 Å². The van der Waals surface area contributed by atoms with Crippen LogP contribution in [0.3, 0.4) is 0 Å². The Kier molecular flexibility index (Phi) is 23.5. The molecule has 0 spiro atoms. The molecule has 1 N–H and O–H groups in total. The highest BCUT2D eigenvalue weighted by molar-refractivity contribution is 7.20. The van der Waals surface area contributed by atoms with Crippen molar-refractivity contribution in [1.82, 2.24) is 4.90 Å². The predicted octanol–water partition coefficient (Wildman–Crippen LogP) is 12.3. The summed E-state index contributed by atoms with van der Waals surface area (Å²) in [5.41, 5.74) is 3.71. The van der Waals surface area contributed by atoms with Gasteiger partial charge in [-0.1, -0.05) is 117 Å². The van der Waals surface area contributed by atoms with Crippen LogP contribution in [0.1, 0.15) is 94.2 Å². The highest BCUT2D eigenvalue weighted by Gasteiger charge is 2.36. The van der Waals surface area contributed by atoms with Gasteiger partial charge in [-0.15, -0.1) is 0 Å². The summed E-state index contributed by atoms with van der Waals surface area (Å²) < 4.78 is 5.44. The van der Waals surface area contributed by atoms with Crippen molar-refractivity contribution in [1.29, 1.82) is 5.26 Å². The smallest absolute Gasteiger partial charge is 0.191 e. The number of nitriles is 1. The van der Waals surface area contributed by atoms with Crippen LogP contribution >= 0.6 is 22.7 Å². The second-order valence-electron chi connectivity index (χ2n) is 15.9. The van der Waals surface area contributed by atoms with E-state index >= 15 is 0 Å². The third kappa shape index (κ3) is 24.3.